The number of rotatable bonds is 6. The number of halogens is 1. The van der Waals surface area contributed by atoms with Crippen molar-refractivity contribution >= 4 is 44.9 Å². The van der Waals surface area contributed by atoms with Gasteiger partial charge in [0, 0.05) is 34.2 Å². The molecular weight excluding hydrogens is 488 g/mol. The highest BCUT2D eigenvalue weighted by molar-refractivity contribution is 7.89. The summed E-state index contributed by atoms with van der Waals surface area (Å²) in [6, 6.07) is 16.8. The van der Waals surface area contributed by atoms with Crippen LogP contribution in [0, 0.1) is 0 Å². The van der Waals surface area contributed by atoms with Gasteiger partial charge in [-0.3, -0.25) is 9.78 Å². The lowest BCUT2D eigenvalue weighted by Crippen LogP contribution is -2.23. The number of amides is 1. The highest BCUT2D eigenvalue weighted by atomic mass is 35.5. The van der Waals surface area contributed by atoms with Crippen molar-refractivity contribution in [3.8, 4) is 11.3 Å². The quantitative estimate of drug-likeness (QED) is 0.362. The van der Waals surface area contributed by atoms with Crippen LogP contribution >= 0.6 is 11.6 Å². The number of nitrogens with one attached hydrogen (secondary N) is 3. The Morgan fingerprint density at radius 3 is 2.63 bits per heavy atom. The van der Waals surface area contributed by atoms with Gasteiger partial charge in [0.1, 0.15) is 0 Å². The number of fused-ring (bicyclic) bond motifs is 3. The van der Waals surface area contributed by atoms with Gasteiger partial charge < -0.3 is 10.6 Å². The minimum absolute atomic E-state index is 0.0934. The lowest BCUT2D eigenvalue weighted by molar-refractivity contribution is -0.115. The Morgan fingerprint density at radius 2 is 1.86 bits per heavy atom. The molecule has 0 unspecified atom stereocenters. The second-order valence-corrected chi connectivity index (χ2v) is 9.98. The van der Waals surface area contributed by atoms with E-state index in [4.69, 9.17) is 11.6 Å². The third kappa shape index (κ3) is 5.14. The monoisotopic (exact) mass is 506 g/mol. The highest BCUT2D eigenvalue weighted by Gasteiger charge is 2.21. The van der Waals surface area contributed by atoms with E-state index in [-0.39, 0.29) is 23.8 Å². The molecule has 4 aromatic rings. The fourth-order valence-corrected chi connectivity index (χ4v) is 4.80. The van der Waals surface area contributed by atoms with Gasteiger partial charge in [-0.15, -0.1) is 0 Å². The van der Waals surface area contributed by atoms with Crippen LogP contribution in [0.25, 0.3) is 11.3 Å². The van der Waals surface area contributed by atoms with E-state index in [1.54, 1.807) is 60.9 Å². The molecule has 3 heterocycles. The molecule has 0 bridgehead atoms. The average molecular weight is 507 g/mol. The normalized spacial score (nSPS) is 12.8. The topological polar surface area (TPSA) is 126 Å². The molecule has 0 aliphatic carbocycles. The van der Waals surface area contributed by atoms with E-state index in [2.05, 4.69) is 30.3 Å². The summed E-state index contributed by atoms with van der Waals surface area (Å²) in [6.45, 7) is 0.0934. The molecular formula is C24H19ClN6O3S. The fraction of sp³-hybridized carbons (Fsp3) is 0.0833. The minimum atomic E-state index is -3.71. The van der Waals surface area contributed by atoms with Crippen LogP contribution in [0.3, 0.4) is 0 Å². The van der Waals surface area contributed by atoms with E-state index in [9.17, 15) is 13.2 Å². The molecule has 5 rings (SSSR count). The van der Waals surface area contributed by atoms with Crippen LogP contribution in [0.15, 0.2) is 78.0 Å². The van der Waals surface area contributed by atoms with Gasteiger partial charge in [-0.05, 0) is 54.6 Å². The van der Waals surface area contributed by atoms with Crippen LogP contribution in [0.4, 0.5) is 17.3 Å². The molecule has 9 nitrogen and oxygen atoms in total. The van der Waals surface area contributed by atoms with Crippen LogP contribution in [0.1, 0.15) is 11.3 Å². The van der Waals surface area contributed by atoms with Crippen molar-refractivity contribution in [2.75, 3.05) is 10.6 Å². The standard InChI is InChI=1S/C24H19ClN6O3S/c25-16-4-9-20-21(12-16)30-22(32)11-15-13-27-24(31-23(15)20)29-17-5-7-19(8-6-17)35(33,34)28-14-18-3-1-2-10-26-18/h1-10,12-13,28H,11,14H2,(H,30,32)(H,27,29,31). The van der Waals surface area contributed by atoms with Gasteiger partial charge in [0.15, 0.2) is 0 Å². The Kier molecular flexibility index (Phi) is 6.16. The second-order valence-electron chi connectivity index (χ2n) is 7.78. The lowest BCUT2D eigenvalue weighted by Gasteiger charge is -2.11. The largest absolute Gasteiger partial charge is 0.325 e. The number of pyridine rings is 1. The summed E-state index contributed by atoms with van der Waals surface area (Å²) in [5.41, 5.74) is 3.85. The molecule has 0 spiro atoms. The smallest absolute Gasteiger partial charge is 0.240 e. The van der Waals surface area contributed by atoms with Crippen molar-refractivity contribution in [1.82, 2.24) is 19.7 Å². The molecule has 11 heteroatoms. The molecule has 0 fully saturated rings. The summed E-state index contributed by atoms with van der Waals surface area (Å²) in [6.07, 6.45) is 3.35. The predicted molar refractivity (Wildman–Crippen MR) is 133 cm³/mol. The van der Waals surface area contributed by atoms with Crippen LogP contribution in [-0.4, -0.2) is 29.3 Å². The van der Waals surface area contributed by atoms with Crippen LogP contribution in [0.5, 0.6) is 0 Å². The number of sulfonamides is 1. The molecule has 176 valence electrons. The summed E-state index contributed by atoms with van der Waals surface area (Å²) >= 11 is 6.09. The maximum Gasteiger partial charge on any atom is 0.240 e. The minimum Gasteiger partial charge on any atom is -0.325 e. The van der Waals surface area contributed by atoms with Crippen LogP contribution in [-0.2, 0) is 27.8 Å². The van der Waals surface area contributed by atoms with E-state index >= 15 is 0 Å². The summed E-state index contributed by atoms with van der Waals surface area (Å²) in [4.78, 5) is 25.4. The summed E-state index contributed by atoms with van der Waals surface area (Å²) in [5, 5.41) is 6.43. The number of anilines is 3. The van der Waals surface area contributed by atoms with Crippen molar-refractivity contribution in [2.45, 2.75) is 17.9 Å². The van der Waals surface area contributed by atoms with E-state index in [0.717, 1.165) is 5.56 Å². The van der Waals surface area contributed by atoms with E-state index in [1.807, 2.05) is 0 Å². The maximum absolute atomic E-state index is 12.6. The number of hydrogen-bond acceptors (Lipinski definition) is 7. The molecule has 0 radical (unpaired) electrons. The molecule has 1 aliphatic heterocycles. The van der Waals surface area contributed by atoms with Crippen molar-refractivity contribution in [2.24, 2.45) is 0 Å². The Bertz CT molecular complexity index is 1510. The van der Waals surface area contributed by atoms with Crippen LogP contribution < -0.4 is 15.4 Å². The number of aromatic nitrogens is 3. The molecule has 1 amide bonds. The zero-order chi connectivity index (χ0) is 24.4. The third-order valence-electron chi connectivity index (χ3n) is 5.32. The van der Waals surface area contributed by atoms with Gasteiger partial charge in [-0.25, -0.2) is 23.1 Å². The first-order chi connectivity index (χ1) is 16.9. The van der Waals surface area contributed by atoms with E-state index in [0.29, 0.717) is 39.3 Å². The average Bonchev–Trinajstić information content (AvgIpc) is 2.98. The van der Waals surface area contributed by atoms with Crippen molar-refractivity contribution < 1.29 is 13.2 Å². The number of carbonyl (C=O) groups is 1. The Balaban J connectivity index is 1.35. The lowest BCUT2D eigenvalue weighted by atomic mass is 10.1. The molecule has 0 saturated heterocycles. The molecule has 2 aromatic heterocycles. The first-order valence-corrected chi connectivity index (χ1v) is 12.5. The van der Waals surface area contributed by atoms with Crippen molar-refractivity contribution in [3.05, 3.63) is 89.3 Å². The zero-order valence-corrected chi connectivity index (χ0v) is 19.8. The van der Waals surface area contributed by atoms with Crippen LogP contribution in [0.2, 0.25) is 5.02 Å². The van der Waals surface area contributed by atoms with Gasteiger partial charge in [-0.1, -0.05) is 17.7 Å². The molecule has 3 N–H and O–H groups in total. The Labute approximate surface area is 206 Å². The van der Waals surface area contributed by atoms with Gasteiger partial charge in [0.25, 0.3) is 0 Å². The van der Waals surface area contributed by atoms with Gasteiger partial charge in [0.2, 0.25) is 21.9 Å². The number of nitrogens with zero attached hydrogens (tertiary/aromatic N) is 3. The number of benzene rings is 2. The first-order valence-electron chi connectivity index (χ1n) is 10.6. The molecule has 0 saturated carbocycles. The van der Waals surface area contributed by atoms with Gasteiger partial charge in [-0.2, -0.15) is 0 Å². The Hall–Kier alpha value is -3.86. The SMILES string of the molecule is O=C1Cc2cnc(Nc3ccc(S(=O)(=O)NCc4ccccn4)cc3)nc2-c2ccc(Cl)cc2N1. The molecule has 35 heavy (non-hydrogen) atoms. The number of hydrogen-bond donors (Lipinski definition) is 3. The first kappa shape index (κ1) is 22.9. The van der Waals surface area contributed by atoms with Crippen molar-refractivity contribution in [1.29, 1.82) is 0 Å². The van der Waals surface area contributed by atoms with E-state index in [1.165, 1.54) is 12.1 Å². The fourth-order valence-electron chi connectivity index (χ4n) is 3.62. The Morgan fingerprint density at radius 1 is 1.03 bits per heavy atom. The van der Waals surface area contributed by atoms with E-state index < -0.39 is 10.0 Å². The summed E-state index contributed by atoms with van der Waals surface area (Å²) < 4.78 is 27.8. The summed E-state index contributed by atoms with van der Waals surface area (Å²) in [5.74, 6) is 0.132. The zero-order valence-electron chi connectivity index (χ0n) is 18.2. The molecule has 1 aliphatic rings. The second kappa shape index (κ2) is 9.41. The highest BCUT2D eigenvalue weighted by Crippen LogP contribution is 2.34. The third-order valence-corrected chi connectivity index (χ3v) is 6.97. The summed E-state index contributed by atoms with van der Waals surface area (Å²) in [7, 11) is -3.71. The van der Waals surface area contributed by atoms with Gasteiger partial charge >= 0.3 is 0 Å². The molecule has 0 atom stereocenters. The molecule has 2 aromatic carbocycles. The maximum atomic E-state index is 12.6. The van der Waals surface area contributed by atoms with Crippen molar-refractivity contribution in [3.63, 3.8) is 0 Å². The van der Waals surface area contributed by atoms with Gasteiger partial charge in [0.05, 0.1) is 34.9 Å². The number of carbonyl (C=O) groups excluding carboxylic acids is 1. The predicted octanol–water partition coefficient (Wildman–Crippen LogP) is 3.91.